The van der Waals surface area contributed by atoms with Crippen molar-refractivity contribution in [2.24, 2.45) is 0 Å². The van der Waals surface area contributed by atoms with Crippen LogP contribution < -0.4 is 0 Å². The van der Waals surface area contributed by atoms with E-state index < -0.39 is 17.7 Å². The van der Waals surface area contributed by atoms with E-state index in [2.05, 4.69) is 84.6 Å². The summed E-state index contributed by atoms with van der Waals surface area (Å²) in [6.07, 6.45) is -0.316. The van der Waals surface area contributed by atoms with Crippen LogP contribution in [-0.2, 0) is 29.0 Å². The molecule has 0 radical (unpaired) electrons. The molecule has 5 rings (SSSR count). The van der Waals surface area contributed by atoms with Crippen molar-refractivity contribution in [2.75, 3.05) is 6.54 Å². The van der Waals surface area contributed by atoms with Crippen molar-refractivity contribution < 1.29 is 14.6 Å². The Morgan fingerprint density at radius 2 is 1.62 bits per heavy atom. The monoisotopic (exact) mass is 534 g/mol. The van der Waals surface area contributed by atoms with Gasteiger partial charge in [-0.25, -0.2) is 4.79 Å². The molecule has 5 heteroatoms. The highest BCUT2D eigenvalue weighted by Crippen LogP contribution is 2.40. The summed E-state index contributed by atoms with van der Waals surface area (Å²) in [6.45, 7) is 12.0. The third-order valence-electron chi connectivity index (χ3n) is 7.45. The number of hydrogen-bond acceptors (Lipinski definition) is 4. The summed E-state index contributed by atoms with van der Waals surface area (Å²) < 4.78 is 6.18. The second-order valence-electron chi connectivity index (χ2n) is 11.7. The lowest BCUT2D eigenvalue weighted by molar-refractivity contribution is -0.160. The van der Waals surface area contributed by atoms with E-state index in [0.29, 0.717) is 17.8 Å². The molecule has 3 aromatic carbocycles. The molecule has 1 unspecified atom stereocenters. The van der Waals surface area contributed by atoms with E-state index in [1.54, 1.807) is 0 Å². The van der Waals surface area contributed by atoms with E-state index in [9.17, 15) is 9.90 Å². The minimum atomic E-state index is -1.12. The largest absolute Gasteiger partial charge is 0.479 e. The summed E-state index contributed by atoms with van der Waals surface area (Å²) in [5.41, 5.74) is 9.69. The zero-order valence-electron chi connectivity index (χ0n) is 24.1. The highest BCUT2D eigenvalue weighted by Gasteiger charge is 2.34. The number of hydrogen-bond donors (Lipinski definition) is 1. The van der Waals surface area contributed by atoms with Crippen molar-refractivity contribution in [3.8, 4) is 22.3 Å². The Bertz CT molecular complexity index is 1500. The second-order valence-corrected chi connectivity index (χ2v) is 11.7. The van der Waals surface area contributed by atoms with Crippen LogP contribution in [0.3, 0.4) is 0 Å². The third kappa shape index (κ3) is 6.01. The van der Waals surface area contributed by atoms with E-state index in [-0.39, 0.29) is 0 Å². The first kappa shape index (κ1) is 27.8. The van der Waals surface area contributed by atoms with Crippen LogP contribution in [0.5, 0.6) is 0 Å². The van der Waals surface area contributed by atoms with E-state index in [1.807, 2.05) is 33.8 Å². The maximum Gasteiger partial charge on any atom is 0.337 e. The average Bonchev–Trinajstić information content (AvgIpc) is 2.92. The number of nitrogens with zero attached hydrogens (tertiary/aromatic N) is 2. The van der Waals surface area contributed by atoms with Crippen LogP contribution in [0.15, 0.2) is 78.9 Å². The lowest BCUT2D eigenvalue weighted by Crippen LogP contribution is -2.33. The molecule has 1 N–H and O–H groups in total. The zero-order valence-corrected chi connectivity index (χ0v) is 24.1. The van der Waals surface area contributed by atoms with E-state index >= 15 is 0 Å². The summed E-state index contributed by atoms with van der Waals surface area (Å²) >= 11 is 0. The van der Waals surface area contributed by atoms with Gasteiger partial charge in [-0.15, -0.1) is 0 Å². The normalized spacial score (nSPS) is 14.5. The first-order valence-electron chi connectivity index (χ1n) is 14.0. The summed E-state index contributed by atoms with van der Waals surface area (Å²) in [6, 6.07) is 27.4. The van der Waals surface area contributed by atoms with E-state index in [0.717, 1.165) is 47.5 Å². The van der Waals surface area contributed by atoms with Crippen molar-refractivity contribution in [2.45, 2.75) is 65.8 Å². The molecule has 1 aromatic heterocycles. The predicted molar refractivity (Wildman–Crippen MR) is 160 cm³/mol. The number of aromatic nitrogens is 1. The van der Waals surface area contributed by atoms with Gasteiger partial charge in [0.2, 0.25) is 0 Å². The number of carboxylic acid groups (broad SMARTS) is 1. The van der Waals surface area contributed by atoms with Crippen molar-refractivity contribution in [3.63, 3.8) is 0 Å². The molecule has 1 atom stereocenters. The minimum absolute atomic E-state index is 0.636. The lowest BCUT2D eigenvalue weighted by atomic mass is 9.86. The van der Waals surface area contributed by atoms with Crippen LogP contribution in [0.1, 0.15) is 60.5 Å². The molecule has 1 aliphatic heterocycles. The van der Waals surface area contributed by atoms with Crippen LogP contribution in [0.2, 0.25) is 0 Å². The Kier molecular flexibility index (Phi) is 7.88. The fourth-order valence-electron chi connectivity index (χ4n) is 5.65. The predicted octanol–water partition coefficient (Wildman–Crippen LogP) is 7.53. The molecule has 1 aliphatic rings. The summed E-state index contributed by atoms with van der Waals surface area (Å²) in [5.74, 6) is -1.00. The SMILES string of the molecule is Cc1ccc(-c2c3c(nc(C)c2C(OC(C)(C)C)C(=O)O)CCN(Cc2ccccc2-c2ccccc2)C3)cc1. The molecule has 4 aromatic rings. The van der Waals surface area contributed by atoms with Gasteiger partial charge in [0.05, 0.1) is 5.60 Å². The van der Waals surface area contributed by atoms with Gasteiger partial charge in [0.1, 0.15) is 0 Å². The number of pyridine rings is 1. The Labute approximate surface area is 237 Å². The Balaban J connectivity index is 1.60. The van der Waals surface area contributed by atoms with Gasteiger partial charge in [-0.2, -0.15) is 0 Å². The Hall–Kier alpha value is -3.80. The third-order valence-corrected chi connectivity index (χ3v) is 7.45. The average molecular weight is 535 g/mol. The zero-order chi connectivity index (χ0) is 28.4. The van der Waals surface area contributed by atoms with Gasteiger partial charge in [-0.3, -0.25) is 9.88 Å². The molecule has 0 saturated heterocycles. The molecule has 0 spiro atoms. The van der Waals surface area contributed by atoms with Gasteiger partial charge >= 0.3 is 5.97 Å². The molecule has 0 fully saturated rings. The molecule has 206 valence electrons. The van der Waals surface area contributed by atoms with Crippen LogP contribution >= 0.6 is 0 Å². The number of aryl methyl sites for hydroxylation is 2. The van der Waals surface area contributed by atoms with Crippen LogP contribution in [0, 0.1) is 13.8 Å². The quantitative estimate of drug-likeness (QED) is 0.265. The number of rotatable bonds is 7. The number of carboxylic acids is 1. The molecular weight excluding hydrogens is 496 g/mol. The van der Waals surface area contributed by atoms with Gasteiger partial charge in [-0.05, 0) is 68.0 Å². The molecule has 2 heterocycles. The van der Waals surface area contributed by atoms with Gasteiger partial charge in [-0.1, -0.05) is 84.4 Å². The van der Waals surface area contributed by atoms with Crippen LogP contribution in [-0.4, -0.2) is 33.1 Å². The molecule has 0 saturated carbocycles. The van der Waals surface area contributed by atoms with Gasteiger partial charge in [0.25, 0.3) is 0 Å². The highest BCUT2D eigenvalue weighted by molar-refractivity contribution is 5.82. The lowest BCUT2D eigenvalue weighted by Gasteiger charge is -2.34. The van der Waals surface area contributed by atoms with Crippen molar-refractivity contribution in [1.82, 2.24) is 9.88 Å². The van der Waals surface area contributed by atoms with Crippen molar-refractivity contribution in [1.29, 1.82) is 0 Å². The van der Waals surface area contributed by atoms with Crippen molar-refractivity contribution in [3.05, 3.63) is 113 Å². The van der Waals surface area contributed by atoms with Gasteiger partial charge in [0, 0.05) is 43.0 Å². The number of benzene rings is 3. The van der Waals surface area contributed by atoms with Crippen LogP contribution in [0.4, 0.5) is 0 Å². The van der Waals surface area contributed by atoms with E-state index in [1.165, 1.54) is 16.7 Å². The summed E-state index contributed by atoms with van der Waals surface area (Å²) in [7, 11) is 0. The molecule has 0 aliphatic carbocycles. The number of carbonyl (C=O) groups is 1. The smallest absolute Gasteiger partial charge is 0.337 e. The van der Waals surface area contributed by atoms with Crippen molar-refractivity contribution >= 4 is 5.97 Å². The van der Waals surface area contributed by atoms with Crippen LogP contribution in [0.25, 0.3) is 22.3 Å². The highest BCUT2D eigenvalue weighted by atomic mass is 16.5. The Morgan fingerprint density at radius 3 is 2.30 bits per heavy atom. The molecular formula is C35H38N2O3. The molecule has 40 heavy (non-hydrogen) atoms. The topological polar surface area (TPSA) is 62.7 Å². The second kappa shape index (κ2) is 11.4. The van der Waals surface area contributed by atoms with E-state index in [4.69, 9.17) is 9.72 Å². The minimum Gasteiger partial charge on any atom is -0.479 e. The first-order chi connectivity index (χ1) is 19.1. The Morgan fingerprint density at radius 1 is 0.950 bits per heavy atom. The number of ether oxygens (including phenoxy) is 1. The maximum absolute atomic E-state index is 12.7. The molecule has 5 nitrogen and oxygen atoms in total. The van der Waals surface area contributed by atoms with Gasteiger partial charge in [0.15, 0.2) is 6.10 Å². The molecule has 0 bridgehead atoms. The fraction of sp³-hybridized carbons (Fsp3) is 0.314. The number of fused-ring (bicyclic) bond motifs is 1. The summed E-state index contributed by atoms with van der Waals surface area (Å²) in [5, 5.41) is 10.4. The van der Waals surface area contributed by atoms with Gasteiger partial charge < -0.3 is 9.84 Å². The number of aliphatic carboxylic acids is 1. The fourth-order valence-corrected chi connectivity index (χ4v) is 5.65. The standard InChI is InChI=1S/C35H38N2O3/c1-23-15-17-26(18-16-23)32-29-22-37(21-27-13-9-10-14-28(27)25-11-7-6-8-12-25)20-19-30(29)36-24(2)31(32)33(34(38)39)40-35(3,4)5/h6-18,33H,19-22H2,1-5H3,(H,38,39). The maximum atomic E-state index is 12.7. The summed E-state index contributed by atoms with van der Waals surface area (Å²) in [4.78, 5) is 20.1. The molecule has 0 amide bonds. The first-order valence-corrected chi connectivity index (χ1v) is 14.0.